The number of nitrogen functional groups attached to an aromatic ring is 1. The number of unbranched alkanes of at least 4 members (excludes halogenated alkanes) is 1. The van der Waals surface area contributed by atoms with E-state index in [1.54, 1.807) is 6.20 Å². The van der Waals surface area contributed by atoms with Gasteiger partial charge in [-0.3, -0.25) is 0 Å². The molecule has 0 bridgehead atoms. The first-order chi connectivity index (χ1) is 13.7. The lowest BCUT2D eigenvalue weighted by atomic mass is 10.0. The maximum atomic E-state index is 12.8. The zero-order valence-electron chi connectivity index (χ0n) is 15.5. The van der Waals surface area contributed by atoms with Gasteiger partial charge >= 0.3 is 0 Å². The van der Waals surface area contributed by atoms with Gasteiger partial charge in [-0.25, -0.2) is 15.0 Å². The fourth-order valence-electron chi connectivity index (χ4n) is 3.06. The molecule has 1 aromatic carbocycles. The lowest BCUT2D eigenvalue weighted by Crippen LogP contribution is -2.06. The van der Waals surface area contributed by atoms with Crippen LogP contribution in [-0.2, 0) is 11.2 Å². The minimum atomic E-state index is -1.12. The molecule has 7 heteroatoms. The van der Waals surface area contributed by atoms with Crippen molar-refractivity contribution in [2.24, 2.45) is 0 Å². The summed E-state index contributed by atoms with van der Waals surface area (Å²) in [6, 6.07) is 13.9. The third-order valence-electron chi connectivity index (χ3n) is 4.48. The Bertz CT molecular complexity index is 1080. The van der Waals surface area contributed by atoms with Crippen molar-refractivity contribution in [2.45, 2.75) is 24.0 Å². The van der Waals surface area contributed by atoms with E-state index in [9.17, 15) is 4.55 Å². The zero-order chi connectivity index (χ0) is 19.5. The zero-order valence-corrected chi connectivity index (χ0v) is 17.1. The smallest absolute Gasteiger partial charge is 0.232 e. The van der Waals surface area contributed by atoms with Crippen LogP contribution in [0.4, 0.5) is 5.69 Å². The number of hydrogen-bond acceptors (Lipinski definition) is 6. The summed E-state index contributed by atoms with van der Waals surface area (Å²) in [6.45, 7) is 2.09. The quantitative estimate of drug-likeness (QED) is 0.458. The molecule has 0 unspecified atom stereocenters. The van der Waals surface area contributed by atoms with Crippen molar-refractivity contribution in [3.05, 3.63) is 55.0 Å². The maximum absolute atomic E-state index is 12.8. The standard InChI is InChI=1S/C21H20N4OS2/c1-2-3-11-28(26)21-19(22)18-15(14-7-5-4-6-8-14)12-17(25-20(18)27-21)16-9-10-23-13-24-16/h4-10,12-13H,2-3,11,22H2,1H3/t28-/m0/s1. The van der Waals surface area contributed by atoms with Crippen molar-refractivity contribution in [1.29, 1.82) is 0 Å². The molecule has 1 atom stereocenters. The van der Waals surface area contributed by atoms with Gasteiger partial charge in [-0.1, -0.05) is 55.0 Å². The molecule has 0 spiro atoms. The molecule has 3 heterocycles. The Hall–Kier alpha value is -2.48. The maximum Gasteiger partial charge on any atom is 0.232 e. The SMILES string of the molecule is CCCC[S@+]([O-])c1sc2nc(-c3ccncn3)cc(-c3ccccc3)c2c1N. The molecule has 0 aliphatic heterocycles. The van der Waals surface area contributed by atoms with Gasteiger partial charge in [0, 0.05) is 11.6 Å². The normalized spacial score (nSPS) is 12.4. The van der Waals surface area contributed by atoms with E-state index < -0.39 is 11.2 Å². The second-order valence-corrected chi connectivity index (χ2v) is 9.17. The summed E-state index contributed by atoms with van der Waals surface area (Å²) in [5.41, 5.74) is 10.6. The topological polar surface area (TPSA) is 87.8 Å². The molecule has 2 N–H and O–H groups in total. The van der Waals surface area contributed by atoms with E-state index in [1.807, 2.05) is 42.5 Å². The largest absolute Gasteiger partial charge is 0.611 e. The van der Waals surface area contributed by atoms with Gasteiger partial charge in [-0.2, -0.15) is 0 Å². The van der Waals surface area contributed by atoms with Crippen LogP contribution in [0.3, 0.4) is 0 Å². The van der Waals surface area contributed by atoms with Crippen molar-refractivity contribution in [3.63, 3.8) is 0 Å². The molecule has 4 aromatic rings. The van der Waals surface area contributed by atoms with E-state index in [4.69, 9.17) is 10.7 Å². The van der Waals surface area contributed by atoms with Gasteiger partial charge in [0.15, 0.2) is 0 Å². The molecule has 0 amide bonds. The van der Waals surface area contributed by atoms with Crippen molar-refractivity contribution >= 4 is 38.4 Å². The number of fused-ring (bicyclic) bond motifs is 1. The number of aromatic nitrogens is 3. The first kappa shape index (κ1) is 18.9. The van der Waals surface area contributed by atoms with Crippen molar-refractivity contribution in [1.82, 2.24) is 15.0 Å². The summed E-state index contributed by atoms with van der Waals surface area (Å²) in [5, 5.41) is 0.869. The van der Waals surface area contributed by atoms with E-state index in [0.717, 1.165) is 45.6 Å². The highest BCUT2D eigenvalue weighted by Crippen LogP contribution is 2.43. The van der Waals surface area contributed by atoms with Crippen LogP contribution in [0.5, 0.6) is 0 Å². The first-order valence-corrected chi connectivity index (χ1v) is 11.3. The summed E-state index contributed by atoms with van der Waals surface area (Å²) in [6.07, 6.45) is 5.12. The van der Waals surface area contributed by atoms with E-state index in [1.165, 1.54) is 17.7 Å². The number of pyridine rings is 1. The molecule has 0 saturated carbocycles. The van der Waals surface area contributed by atoms with Crippen molar-refractivity contribution in [2.75, 3.05) is 11.5 Å². The van der Waals surface area contributed by atoms with E-state index >= 15 is 0 Å². The van der Waals surface area contributed by atoms with Crippen LogP contribution >= 0.6 is 11.3 Å². The Kier molecular flexibility index (Phi) is 5.57. The Morgan fingerprint density at radius 3 is 2.68 bits per heavy atom. The highest BCUT2D eigenvalue weighted by atomic mass is 32.2. The molecule has 3 aromatic heterocycles. The Morgan fingerprint density at radius 2 is 1.96 bits per heavy atom. The molecule has 5 nitrogen and oxygen atoms in total. The molecule has 0 saturated heterocycles. The van der Waals surface area contributed by atoms with Gasteiger partial charge in [0.25, 0.3) is 0 Å². The van der Waals surface area contributed by atoms with Gasteiger partial charge < -0.3 is 10.3 Å². The van der Waals surface area contributed by atoms with Crippen LogP contribution in [0.1, 0.15) is 19.8 Å². The third kappa shape index (κ3) is 3.61. The molecular formula is C21H20N4OS2. The van der Waals surface area contributed by atoms with Gasteiger partial charge in [0.05, 0.1) is 11.4 Å². The molecule has 4 rings (SSSR count). The number of hydrogen-bond donors (Lipinski definition) is 1. The fraction of sp³-hybridized carbons (Fsp3) is 0.190. The molecule has 0 fully saturated rings. The van der Waals surface area contributed by atoms with E-state index in [-0.39, 0.29) is 0 Å². The molecule has 0 aliphatic rings. The molecule has 0 aliphatic carbocycles. The molecule has 0 radical (unpaired) electrons. The Balaban J connectivity index is 1.94. The lowest BCUT2D eigenvalue weighted by molar-refractivity contribution is 0.594. The minimum Gasteiger partial charge on any atom is -0.611 e. The van der Waals surface area contributed by atoms with Gasteiger partial charge in [-0.05, 0) is 40.9 Å². The number of thiophene rings is 1. The van der Waals surface area contributed by atoms with Crippen molar-refractivity contribution < 1.29 is 4.55 Å². The second-order valence-electron chi connectivity index (χ2n) is 6.40. The number of benzene rings is 1. The van der Waals surface area contributed by atoms with Gasteiger partial charge in [0.1, 0.15) is 22.6 Å². The van der Waals surface area contributed by atoms with Crippen LogP contribution in [0.15, 0.2) is 59.2 Å². The number of nitrogens with two attached hydrogens (primary N) is 1. The number of rotatable bonds is 6. The summed E-state index contributed by atoms with van der Waals surface area (Å²) in [4.78, 5) is 13.9. The van der Waals surface area contributed by atoms with Crippen LogP contribution in [0, 0.1) is 0 Å². The monoisotopic (exact) mass is 408 g/mol. The van der Waals surface area contributed by atoms with Gasteiger partial charge in [0.2, 0.25) is 4.21 Å². The predicted molar refractivity (Wildman–Crippen MR) is 117 cm³/mol. The summed E-state index contributed by atoms with van der Waals surface area (Å²) >= 11 is 0.305. The minimum absolute atomic E-state index is 0.579. The van der Waals surface area contributed by atoms with Crippen LogP contribution in [0.2, 0.25) is 0 Å². The average Bonchev–Trinajstić information content (AvgIpc) is 3.09. The molecular weight excluding hydrogens is 388 g/mol. The van der Waals surface area contributed by atoms with E-state index in [2.05, 4.69) is 16.9 Å². The lowest BCUT2D eigenvalue weighted by Gasteiger charge is -2.09. The highest BCUT2D eigenvalue weighted by molar-refractivity contribution is 7.93. The van der Waals surface area contributed by atoms with Crippen LogP contribution < -0.4 is 5.73 Å². The Morgan fingerprint density at radius 1 is 1.14 bits per heavy atom. The predicted octanol–water partition coefficient (Wildman–Crippen LogP) is 4.91. The number of anilines is 1. The van der Waals surface area contributed by atoms with Crippen LogP contribution in [0.25, 0.3) is 32.7 Å². The van der Waals surface area contributed by atoms with Gasteiger partial charge in [-0.15, -0.1) is 0 Å². The van der Waals surface area contributed by atoms with Crippen molar-refractivity contribution in [3.8, 4) is 22.5 Å². The Labute approximate surface area is 170 Å². The average molecular weight is 409 g/mol. The fourth-order valence-corrected chi connectivity index (χ4v) is 5.85. The summed E-state index contributed by atoms with van der Waals surface area (Å²) in [5.74, 6) is 0.618. The second kappa shape index (κ2) is 8.26. The summed E-state index contributed by atoms with van der Waals surface area (Å²) in [7, 11) is 0. The first-order valence-electron chi connectivity index (χ1n) is 9.12. The molecule has 142 valence electrons. The molecule has 28 heavy (non-hydrogen) atoms. The van der Waals surface area contributed by atoms with E-state index in [0.29, 0.717) is 15.6 Å². The summed E-state index contributed by atoms with van der Waals surface area (Å²) < 4.78 is 13.5. The van der Waals surface area contributed by atoms with Crippen LogP contribution in [-0.4, -0.2) is 25.3 Å². The number of nitrogens with zero attached hydrogens (tertiary/aromatic N) is 3. The third-order valence-corrected chi connectivity index (χ3v) is 7.48. The highest BCUT2D eigenvalue weighted by Gasteiger charge is 2.24.